The third-order valence-electron chi connectivity index (χ3n) is 3.05. The third kappa shape index (κ3) is 2.78. The molecule has 1 rings (SSSR count). The molecule has 0 radical (unpaired) electrons. The molecule has 1 nitrogen and oxygen atoms in total. The average molecular weight is 169 g/mol. The second kappa shape index (κ2) is 3.78. The van der Waals surface area contributed by atoms with Gasteiger partial charge in [0.15, 0.2) is 0 Å². The lowest BCUT2D eigenvalue weighted by atomic mass is 9.67. The van der Waals surface area contributed by atoms with Crippen molar-refractivity contribution in [3.05, 3.63) is 0 Å². The highest BCUT2D eigenvalue weighted by Gasteiger charge is 2.31. The maximum absolute atomic E-state index is 5.59. The summed E-state index contributed by atoms with van der Waals surface area (Å²) in [5.41, 5.74) is 6.16. The van der Waals surface area contributed by atoms with E-state index in [4.69, 9.17) is 5.73 Å². The van der Waals surface area contributed by atoms with E-state index in [0.29, 0.717) is 5.41 Å². The topological polar surface area (TPSA) is 26.0 Å². The first-order valence-electron chi connectivity index (χ1n) is 5.23. The summed E-state index contributed by atoms with van der Waals surface area (Å²) >= 11 is 0. The van der Waals surface area contributed by atoms with Gasteiger partial charge < -0.3 is 5.73 Å². The van der Waals surface area contributed by atoms with E-state index in [1.54, 1.807) is 0 Å². The Kier molecular flexibility index (Phi) is 3.16. The molecule has 0 unspecified atom stereocenters. The Morgan fingerprint density at radius 1 is 1.33 bits per heavy atom. The van der Waals surface area contributed by atoms with E-state index >= 15 is 0 Å². The van der Waals surface area contributed by atoms with Crippen LogP contribution in [-0.4, -0.2) is 6.54 Å². The lowest BCUT2D eigenvalue weighted by Gasteiger charge is -2.39. The quantitative estimate of drug-likeness (QED) is 0.676. The van der Waals surface area contributed by atoms with E-state index < -0.39 is 0 Å². The lowest BCUT2D eigenvalue weighted by molar-refractivity contribution is 0.129. The molecule has 0 bridgehead atoms. The van der Waals surface area contributed by atoms with Crippen molar-refractivity contribution < 1.29 is 0 Å². The molecule has 0 spiro atoms. The maximum atomic E-state index is 5.59. The van der Waals surface area contributed by atoms with Crippen LogP contribution in [-0.2, 0) is 0 Å². The summed E-state index contributed by atoms with van der Waals surface area (Å²) in [6, 6.07) is 0. The molecule has 1 saturated carbocycles. The molecule has 0 saturated heterocycles. The minimum Gasteiger partial charge on any atom is -0.330 e. The largest absolute Gasteiger partial charge is 0.330 e. The zero-order chi connectivity index (χ0) is 9.19. The molecule has 1 fully saturated rings. The first-order valence-corrected chi connectivity index (χ1v) is 5.23. The Morgan fingerprint density at radius 2 is 2.00 bits per heavy atom. The maximum Gasteiger partial charge on any atom is -0.00746 e. The van der Waals surface area contributed by atoms with E-state index in [0.717, 1.165) is 18.4 Å². The number of rotatable bonds is 2. The highest BCUT2D eigenvalue weighted by Crippen LogP contribution is 2.42. The monoisotopic (exact) mass is 169 g/mol. The van der Waals surface area contributed by atoms with Crippen molar-refractivity contribution in [2.75, 3.05) is 6.54 Å². The predicted octanol–water partition coefficient (Wildman–Crippen LogP) is 2.80. The van der Waals surface area contributed by atoms with Crippen molar-refractivity contribution in [1.82, 2.24) is 0 Å². The van der Waals surface area contributed by atoms with Gasteiger partial charge >= 0.3 is 0 Å². The van der Waals surface area contributed by atoms with Crippen LogP contribution in [0.5, 0.6) is 0 Å². The second-order valence-electron chi connectivity index (χ2n) is 5.36. The van der Waals surface area contributed by atoms with Gasteiger partial charge in [-0.2, -0.15) is 0 Å². The van der Waals surface area contributed by atoms with Crippen LogP contribution in [0.3, 0.4) is 0 Å². The van der Waals surface area contributed by atoms with Gasteiger partial charge in [0.25, 0.3) is 0 Å². The van der Waals surface area contributed by atoms with Crippen LogP contribution < -0.4 is 5.73 Å². The predicted molar refractivity (Wildman–Crippen MR) is 54.0 cm³/mol. The number of hydrogen-bond acceptors (Lipinski definition) is 1. The van der Waals surface area contributed by atoms with Gasteiger partial charge in [-0.1, -0.05) is 20.8 Å². The lowest BCUT2D eigenvalue weighted by Crippen LogP contribution is -2.28. The van der Waals surface area contributed by atoms with Crippen molar-refractivity contribution in [3.63, 3.8) is 0 Å². The van der Waals surface area contributed by atoms with Crippen LogP contribution in [0.4, 0.5) is 0 Å². The minimum atomic E-state index is 0.567. The van der Waals surface area contributed by atoms with E-state index in [-0.39, 0.29) is 0 Å². The smallest absolute Gasteiger partial charge is 0.00746 e. The summed E-state index contributed by atoms with van der Waals surface area (Å²) in [6.07, 6.45) is 5.41. The van der Waals surface area contributed by atoms with Crippen LogP contribution in [0, 0.1) is 17.3 Å². The molecule has 72 valence electrons. The van der Waals surface area contributed by atoms with Gasteiger partial charge in [0, 0.05) is 0 Å². The van der Waals surface area contributed by atoms with Crippen molar-refractivity contribution in [2.45, 2.75) is 46.5 Å². The molecule has 1 aliphatic rings. The first kappa shape index (κ1) is 10.0. The molecule has 12 heavy (non-hydrogen) atoms. The second-order valence-corrected chi connectivity index (χ2v) is 5.36. The SMILES string of the molecule is C[C@H]1C[C@H](CCN)CC(C)(C)C1. The molecule has 1 aliphatic carbocycles. The number of hydrogen-bond donors (Lipinski definition) is 1. The summed E-state index contributed by atoms with van der Waals surface area (Å²) in [5, 5.41) is 0. The summed E-state index contributed by atoms with van der Waals surface area (Å²) in [4.78, 5) is 0. The van der Waals surface area contributed by atoms with Crippen LogP contribution in [0.15, 0.2) is 0 Å². The highest BCUT2D eigenvalue weighted by molar-refractivity contribution is 4.82. The Balaban J connectivity index is 2.46. The molecular formula is C11H23N. The van der Waals surface area contributed by atoms with Gasteiger partial charge in [-0.25, -0.2) is 0 Å². The average Bonchev–Trinajstić information content (AvgIpc) is 1.82. The molecule has 0 heterocycles. The fourth-order valence-electron chi connectivity index (χ4n) is 3.00. The molecule has 0 amide bonds. The highest BCUT2D eigenvalue weighted by atomic mass is 14.5. The van der Waals surface area contributed by atoms with Crippen LogP contribution in [0.2, 0.25) is 0 Å². The fourth-order valence-corrected chi connectivity index (χ4v) is 3.00. The van der Waals surface area contributed by atoms with Crippen LogP contribution >= 0.6 is 0 Å². The molecule has 2 atom stereocenters. The zero-order valence-electron chi connectivity index (χ0n) is 8.77. The third-order valence-corrected chi connectivity index (χ3v) is 3.05. The summed E-state index contributed by atoms with van der Waals surface area (Å²) in [5.74, 6) is 1.80. The van der Waals surface area contributed by atoms with Crippen molar-refractivity contribution in [3.8, 4) is 0 Å². The van der Waals surface area contributed by atoms with Crippen LogP contribution in [0.25, 0.3) is 0 Å². The molecule has 0 aromatic rings. The molecule has 1 heteroatoms. The fraction of sp³-hybridized carbons (Fsp3) is 1.00. The van der Waals surface area contributed by atoms with Crippen molar-refractivity contribution in [1.29, 1.82) is 0 Å². The first-order chi connectivity index (χ1) is 5.53. The van der Waals surface area contributed by atoms with E-state index in [1.807, 2.05) is 0 Å². The van der Waals surface area contributed by atoms with Gasteiger partial charge in [0.1, 0.15) is 0 Å². The van der Waals surface area contributed by atoms with Gasteiger partial charge in [-0.3, -0.25) is 0 Å². The summed E-state index contributed by atoms with van der Waals surface area (Å²) in [6.45, 7) is 8.04. The van der Waals surface area contributed by atoms with Gasteiger partial charge in [-0.15, -0.1) is 0 Å². The Hall–Kier alpha value is -0.0400. The Morgan fingerprint density at radius 3 is 2.50 bits per heavy atom. The molecule has 2 N–H and O–H groups in total. The van der Waals surface area contributed by atoms with E-state index in [2.05, 4.69) is 20.8 Å². The molecule has 0 aliphatic heterocycles. The van der Waals surface area contributed by atoms with Gasteiger partial charge in [0.2, 0.25) is 0 Å². The van der Waals surface area contributed by atoms with Crippen molar-refractivity contribution in [2.24, 2.45) is 23.0 Å². The molecule has 0 aromatic carbocycles. The van der Waals surface area contributed by atoms with Gasteiger partial charge in [0.05, 0.1) is 0 Å². The van der Waals surface area contributed by atoms with Crippen molar-refractivity contribution >= 4 is 0 Å². The summed E-state index contributed by atoms with van der Waals surface area (Å²) < 4.78 is 0. The van der Waals surface area contributed by atoms with Gasteiger partial charge in [-0.05, 0) is 49.5 Å². The number of nitrogens with two attached hydrogens (primary N) is 1. The van der Waals surface area contributed by atoms with E-state index in [9.17, 15) is 0 Å². The summed E-state index contributed by atoms with van der Waals surface area (Å²) in [7, 11) is 0. The zero-order valence-corrected chi connectivity index (χ0v) is 8.77. The molecular weight excluding hydrogens is 146 g/mol. The minimum absolute atomic E-state index is 0.567. The van der Waals surface area contributed by atoms with E-state index in [1.165, 1.54) is 25.7 Å². The Labute approximate surface area is 76.7 Å². The molecule has 0 aromatic heterocycles. The Bertz CT molecular complexity index is 140. The normalized spacial score (nSPS) is 35.0. The van der Waals surface area contributed by atoms with Crippen LogP contribution in [0.1, 0.15) is 46.5 Å². The standard InChI is InChI=1S/C11H23N/c1-9-6-10(4-5-12)8-11(2,3)7-9/h9-10H,4-8,12H2,1-3H3/t9-,10-/m0/s1.